The number of rotatable bonds is 5. The lowest BCUT2D eigenvalue weighted by Crippen LogP contribution is -2.33. The Morgan fingerprint density at radius 3 is 2.86 bits per heavy atom. The number of aromatic amines is 1. The first-order valence-electron chi connectivity index (χ1n) is 5.74. The van der Waals surface area contributed by atoms with Crippen LogP contribution in [0.3, 0.4) is 0 Å². The van der Waals surface area contributed by atoms with Crippen LogP contribution in [0.15, 0.2) is 30.6 Å². The monoisotopic (exact) mass is 290 g/mol. The van der Waals surface area contributed by atoms with Gasteiger partial charge in [0.05, 0.1) is 11.5 Å². The number of hydrogen-bond acceptors (Lipinski definition) is 6. The van der Waals surface area contributed by atoms with Gasteiger partial charge >= 0.3 is 0 Å². The fraction of sp³-hybridized carbons (Fsp3) is 0.0909. The van der Waals surface area contributed by atoms with E-state index in [1.807, 2.05) is 0 Å². The Hall–Kier alpha value is -3.30. The number of non-ortho nitro benzene ring substituents is 1. The summed E-state index contributed by atoms with van der Waals surface area (Å²) in [5.41, 5.74) is -0.106. The number of carbonyl (C=O) groups is 2. The predicted molar refractivity (Wildman–Crippen MR) is 70.4 cm³/mol. The van der Waals surface area contributed by atoms with Crippen molar-refractivity contribution < 1.29 is 14.5 Å². The molecular weight excluding hydrogens is 280 g/mol. The van der Waals surface area contributed by atoms with Gasteiger partial charge in [-0.25, -0.2) is 5.10 Å². The van der Waals surface area contributed by atoms with Crippen LogP contribution < -0.4 is 10.6 Å². The first-order chi connectivity index (χ1) is 10.1. The molecule has 3 N–H and O–H groups in total. The summed E-state index contributed by atoms with van der Waals surface area (Å²) in [6.07, 6.45) is 1.22. The zero-order valence-corrected chi connectivity index (χ0v) is 10.6. The van der Waals surface area contributed by atoms with Crippen LogP contribution in [0.4, 0.5) is 11.6 Å². The molecule has 0 bridgehead atoms. The lowest BCUT2D eigenvalue weighted by molar-refractivity contribution is -0.384. The van der Waals surface area contributed by atoms with Crippen molar-refractivity contribution in [2.24, 2.45) is 0 Å². The molecule has 10 heteroatoms. The minimum absolute atomic E-state index is 0.0941. The number of anilines is 1. The molecule has 2 amide bonds. The number of aromatic nitrogens is 3. The average molecular weight is 290 g/mol. The molecule has 1 heterocycles. The van der Waals surface area contributed by atoms with Gasteiger partial charge in [-0.2, -0.15) is 10.1 Å². The second kappa shape index (κ2) is 6.23. The summed E-state index contributed by atoms with van der Waals surface area (Å²) < 4.78 is 0. The highest BCUT2D eigenvalue weighted by Gasteiger charge is 2.12. The maximum atomic E-state index is 11.8. The van der Waals surface area contributed by atoms with Crippen molar-refractivity contribution >= 4 is 23.5 Å². The van der Waals surface area contributed by atoms with E-state index >= 15 is 0 Å². The number of nitro groups is 1. The molecule has 0 fully saturated rings. The normalized spacial score (nSPS) is 9.90. The van der Waals surface area contributed by atoms with Crippen LogP contribution >= 0.6 is 0 Å². The largest absolute Gasteiger partial charge is 0.343 e. The Morgan fingerprint density at radius 1 is 1.38 bits per heavy atom. The molecule has 21 heavy (non-hydrogen) atoms. The Bertz CT molecular complexity index is 669. The van der Waals surface area contributed by atoms with Gasteiger partial charge in [0.1, 0.15) is 6.33 Å². The SMILES string of the molecule is O=C(CNC(=O)c1cccc([N+](=O)[O-])c1)Nc1ncn[nH]1. The Balaban J connectivity index is 1.91. The first-order valence-corrected chi connectivity index (χ1v) is 5.74. The molecule has 0 atom stereocenters. The topological polar surface area (TPSA) is 143 Å². The van der Waals surface area contributed by atoms with E-state index < -0.39 is 16.7 Å². The third-order valence-corrected chi connectivity index (χ3v) is 2.40. The number of nitrogens with zero attached hydrogens (tertiary/aromatic N) is 3. The number of nitro benzene ring substituents is 1. The molecule has 1 aromatic carbocycles. The molecule has 0 radical (unpaired) electrons. The van der Waals surface area contributed by atoms with Crippen molar-refractivity contribution in [2.75, 3.05) is 11.9 Å². The van der Waals surface area contributed by atoms with Crippen LogP contribution in [-0.4, -0.2) is 38.5 Å². The van der Waals surface area contributed by atoms with E-state index in [9.17, 15) is 19.7 Å². The second-order valence-corrected chi connectivity index (χ2v) is 3.87. The molecular formula is C11H10N6O4. The van der Waals surface area contributed by atoms with Crippen molar-refractivity contribution in [3.63, 3.8) is 0 Å². The summed E-state index contributed by atoms with van der Waals surface area (Å²) in [5.74, 6) is -0.943. The summed E-state index contributed by atoms with van der Waals surface area (Å²) in [7, 11) is 0. The van der Waals surface area contributed by atoms with Gasteiger partial charge in [0.15, 0.2) is 0 Å². The fourth-order valence-electron chi connectivity index (χ4n) is 1.47. The minimum Gasteiger partial charge on any atom is -0.343 e. The first kappa shape index (κ1) is 14.1. The van der Waals surface area contributed by atoms with Crippen molar-refractivity contribution in [3.05, 3.63) is 46.3 Å². The molecule has 0 unspecified atom stereocenters. The standard InChI is InChI=1S/C11H10N6O4/c18-9(15-11-13-6-14-16-11)5-12-10(19)7-2-1-3-8(4-7)17(20)21/h1-4,6H,5H2,(H,12,19)(H2,13,14,15,16,18). The van der Waals surface area contributed by atoms with Crippen LogP contribution in [-0.2, 0) is 4.79 Å². The van der Waals surface area contributed by atoms with E-state index in [2.05, 4.69) is 25.8 Å². The number of hydrogen-bond donors (Lipinski definition) is 3. The molecule has 0 saturated carbocycles. The van der Waals surface area contributed by atoms with Crippen LogP contribution in [0.2, 0.25) is 0 Å². The third-order valence-electron chi connectivity index (χ3n) is 2.40. The third kappa shape index (κ3) is 3.83. The maximum absolute atomic E-state index is 11.8. The van der Waals surface area contributed by atoms with Gasteiger partial charge in [-0.15, -0.1) is 0 Å². The lowest BCUT2D eigenvalue weighted by atomic mass is 10.2. The molecule has 2 rings (SSSR count). The van der Waals surface area contributed by atoms with Crippen molar-refractivity contribution in [1.82, 2.24) is 20.5 Å². The van der Waals surface area contributed by atoms with Gasteiger partial charge < -0.3 is 5.32 Å². The highest BCUT2D eigenvalue weighted by molar-refractivity contribution is 5.99. The number of carbonyl (C=O) groups excluding carboxylic acids is 2. The Labute approximate surface area is 117 Å². The molecule has 0 aliphatic rings. The summed E-state index contributed by atoms with van der Waals surface area (Å²) in [5, 5.41) is 21.3. The number of benzene rings is 1. The Kier molecular flexibility index (Phi) is 4.19. The van der Waals surface area contributed by atoms with E-state index in [-0.39, 0.29) is 23.7 Å². The number of nitrogens with one attached hydrogen (secondary N) is 3. The quantitative estimate of drug-likeness (QED) is 0.525. The second-order valence-electron chi connectivity index (χ2n) is 3.87. The van der Waals surface area contributed by atoms with Crippen LogP contribution in [0.1, 0.15) is 10.4 Å². The van der Waals surface area contributed by atoms with Gasteiger partial charge in [-0.3, -0.25) is 25.0 Å². The van der Waals surface area contributed by atoms with Crippen LogP contribution in [0, 0.1) is 10.1 Å². The van der Waals surface area contributed by atoms with E-state index in [1.165, 1.54) is 24.5 Å². The van der Waals surface area contributed by atoms with E-state index in [0.717, 1.165) is 6.07 Å². The average Bonchev–Trinajstić information content (AvgIpc) is 2.97. The fourth-order valence-corrected chi connectivity index (χ4v) is 1.47. The molecule has 0 aliphatic carbocycles. The molecule has 1 aromatic heterocycles. The van der Waals surface area contributed by atoms with Crippen LogP contribution in [0.5, 0.6) is 0 Å². The molecule has 0 spiro atoms. The predicted octanol–water partition coefficient (Wildman–Crippen LogP) is 0.0814. The number of amides is 2. The highest BCUT2D eigenvalue weighted by atomic mass is 16.6. The van der Waals surface area contributed by atoms with E-state index in [1.54, 1.807) is 0 Å². The summed E-state index contributed by atoms with van der Waals surface area (Å²) in [6.45, 7) is -0.303. The molecule has 2 aromatic rings. The number of H-pyrrole nitrogens is 1. The Morgan fingerprint density at radius 2 is 2.19 bits per heavy atom. The summed E-state index contributed by atoms with van der Waals surface area (Å²) >= 11 is 0. The van der Waals surface area contributed by atoms with Crippen molar-refractivity contribution in [3.8, 4) is 0 Å². The summed E-state index contributed by atoms with van der Waals surface area (Å²) in [4.78, 5) is 37.0. The zero-order chi connectivity index (χ0) is 15.2. The molecule has 0 saturated heterocycles. The van der Waals surface area contributed by atoms with E-state index in [4.69, 9.17) is 0 Å². The summed E-state index contributed by atoms with van der Waals surface area (Å²) in [6, 6.07) is 5.20. The molecule has 108 valence electrons. The minimum atomic E-state index is -0.604. The van der Waals surface area contributed by atoms with Gasteiger partial charge in [-0.05, 0) is 6.07 Å². The highest BCUT2D eigenvalue weighted by Crippen LogP contribution is 2.12. The lowest BCUT2D eigenvalue weighted by Gasteiger charge is -2.04. The van der Waals surface area contributed by atoms with Gasteiger partial charge in [0.2, 0.25) is 11.9 Å². The van der Waals surface area contributed by atoms with Gasteiger partial charge in [0, 0.05) is 17.7 Å². The molecule has 0 aliphatic heterocycles. The smallest absolute Gasteiger partial charge is 0.270 e. The van der Waals surface area contributed by atoms with E-state index in [0.29, 0.717) is 0 Å². The van der Waals surface area contributed by atoms with Crippen LogP contribution in [0.25, 0.3) is 0 Å². The van der Waals surface area contributed by atoms with Crippen molar-refractivity contribution in [2.45, 2.75) is 0 Å². The van der Waals surface area contributed by atoms with Crippen molar-refractivity contribution in [1.29, 1.82) is 0 Å². The molecule has 10 nitrogen and oxygen atoms in total. The van der Waals surface area contributed by atoms with Gasteiger partial charge in [-0.1, -0.05) is 6.07 Å². The van der Waals surface area contributed by atoms with Gasteiger partial charge in [0.25, 0.3) is 11.6 Å². The zero-order valence-electron chi connectivity index (χ0n) is 10.6. The maximum Gasteiger partial charge on any atom is 0.270 e.